The van der Waals surface area contributed by atoms with Crippen molar-refractivity contribution in [2.45, 2.75) is 31.7 Å². The van der Waals surface area contributed by atoms with E-state index in [-0.39, 0.29) is 25.6 Å². The standard InChI is InChI=1S/C22H26N2O3.ClH/c1-16-24-21(13-27-16)20-8-6-19(7-9-20)12-18-4-2-17(3-5-18)10-11-22(23,14-25)15-26;/h2-9,13,25-26H,10-12,14-15,23H2,1H3;1H. The fourth-order valence-electron chi connectivity index (χ4n) is 2.95. The molecule has 0 radical (unpaired) electrons. The average Bonchev–Trinajstić information content (AvgIpc) is 3.14. The number of oxazole rings is 1. The molecular weight excluding hydrogens is 376 g/mol. The van der Waals surface area contributed by atoms with Crippen LogP contribution in [-0.2, 0) is 12.8 Å². The number of aromatic nitrogens is 1. The first-order valence-electron chi connectivity index (χ1n) is 9.11. The van der Waals surface area contributed by atoms with Crippen molar-refractivity contribution in [1.29, 1.82) is 0 Å². The number of benzene rings is 2. The van der Waals surface area contributed by atoms with Crippen molar-refractivity contribution in [1.82, 2.24) is 4.98 Å². The summed E-state index contributed by atoms with van der Waals surface area (Å²) in [6.07, 6.45) is 3.80. The van der Waals surface area contributed by atoms with Gasteiger partial charge in [-0.15, -0.1) is 12.4 Å². The highest BCUT2D eigenvalue weighted by atomic mass is 35.5. The minimum atomic E-state index is -0.914. The summed E-state index contributed by atoms with van der Waals surface area (Å²) in [7, 11) is 0. The molecule has 0 saturated carbocycles. The van der Waals surface area contributed by atoms with E-state index in [4.69, 9.17) is 10.2 Å². The van der Waals surface area contributed by atoms with Crippen LogP contribution in [0.1, 0.15) is 29.0 Å². The Bertz CT molecular complexity index is 856. The van der Waals surface area contributed by atoms with Gasteiger partial charge in [-0.2, -0.15) is 0 Å². The molecule has 0 saturated heterocycles. The van der Waals surface area contributed by atoms with Crippen molar-refractivity contribution in [2.24, 2.45) is 5.73 Å². The number of nitrogens with zero attached hydrogens (tertiary/aromatic N) is 1. The van der Waals surface area contributed by atoms with Gasteiger partial charge in [-0.3, -0.25) is 0 Å². The Morgan fingerprint density at radius 2 is 1.46 bits per heavy atom. The lowest BCUT2D eigenvalue weighted by Crippen LogP contribution is -2.47. The quantitative estimate of drug-likeness (QED) is 0.537. The largest absolute Gasteiger partial charge is 0.449 e. The molecule has 5 nitrogen and oxygen atoms in total. The molecule has 6 heteroatoms. The number of aryl methyl sites for hydroxylation is 2. The lowest BCUT2D eigenvalue weighted by molar-refractivity contribution is 0.115. The molecule has 0 unspecified atom stereocenters. The van der Waals surface area contributed by atoms with Crippen LogP contribution in [0.3, 0.4) is 0 Å². The number of hydrogen-bond acceptors (Lipinski definition) is 5. The van der Waals surface area contributed by atoms with Crippen molar-refractivity contribution in [3.05, 3.63) is 77.4 Å². The fraction of sp³-hybridized carbons (Fsp3) is 0.318. The first-order valence-corrected chi connectivity index (χ1v) is 9.11. The number of halogens is 1. The molecule has 4 N–H and O–H groups in total. The van der Waals surface area contributed by atoms with Gasteiger partial charge in [0.15, 0.2) is 5.89 Å². The first kappa shape index (κ1) is 22.1. The van der Waals surface area contributed by atoms with Crippen molar-refractivity contribution >= 4 is 12.4 Å². The van der Waals surface area contributed by atoms with Crippen LogP contribution in [0.5, 0.6) is 0 Å². The molecule has 2 aromatic carbocycles. The van der Waals surface area contributed by atoms with Gasteiger partial charge in [0.05, 0.1) is 18.8 Å². The Morgan fingerprint density at radius 3 is 1.96 bits per heavy atom. The van der Waals surface area contributed by atoms with E-state index in [1.807, 2.05) is 6.92 Å². The molecule has 0 amide bonds. The average molecular weight is 403 g/mol. The van der Waals surface area contributed by atoms with Gasteiger partial charge in [-0.05, 0) is 36.0 Å². The summed E-state index contributed by atoms with van der Waals surface area (Å²) in [5.74, 6) is 0.666. The van der Waals surface area contributed by atoms with Crippen LogP contribution in [0.4, 0.5) is 0 Å². The minimum Gasteiger partial charge on any atom is -0.449 e. The van der Waals surface area contributed by atoms with E-state index < -0.39 is 5.54 Å². The second-order valence-electron chi connectivity index (χ2n) is 7.12. The summed E-state index contributed by atoms with van der Waals surface area (Å²) in [6, 6.07) is 16.7. The third-order valence-corrected chi connectivity index (χ3v) is 4.84. The van der Waals surface area contributed by atoms with Crippen molar-refractivity contribution < 1.29 is 14.6 Å². The molecule has 150 valence electrons. The third kappa shape index (κ3) is 5.66. The zero-order valence-corrected chi connectivity index (χ0v) is 16.8. The van der Waals surface area contributed by atoms with E-state index in [1.54, 1.807) is 6.26 Å². The van der Waals surface area contributed by atoms with E-state index in [1.165, 1.54) is 11.1 Å². The highest BCUT2D eigenvalue weighted by Crippen LogP contribution is 2.20. The summed E-state index contributed by atoms with van der Waals surface area (Å²) in [5, 5.41) is 18.5. The maximum Gasteiger partial charge on any atom is 0.191 e. The predicted octanol–water partition coefficient (Wildman–Crippen LogP) is 3.28. The normalized spacial score (nSPS) is 11.3. The Balaban J connectivity index is 0.00000280. The van der Waals surface area contributed by atoms with Crippen LogP contribution >= 0.6 is 12.4 Å². The summed E-state index contributed by atoms with van der Waals surface area (Å²) in [5.41, 5.74) is 10.5. The van der Waals surface area contributed by atoms with Gasteiger partial charge in [0.25, 0.3) is 0 Å². The van der Waals surface area contributed by atoms with E-state index in [2.05, 4.69) is 53.5 Å². The van der Waals surface area contributed by atoms with E-state index >= 15 is 0 Å². The van der Waals surface area contributed by atoms with Gasteiger partial charge in [0.2, 0.25) is 0 Å². The predicted molar refractivity (Wildman–Crippen MR) is 113 cm³/mol. The van der Waals surface area contributed by atoms with Gasteiger partial charge in [0.1, 0.15) is 12.0 Å². The first-order chi connectivity index (χ1) is 13.0. The zero-order valence-electron chi connectivity index (χ0n) is 16.0. The highest BCUT2D eigenvalue weighted by Gasteiger charge is 2.22. The molecule has 0 aliphatic heterocycles. The van der Waals surface area contributed by atoms with Gasteiger partial charge < -0.3 is 20.4 Å². The van der Waals surface area contributed by atoms with Crippen LogP contribution in [0.15, 0.2) is 59.2 Å². The maximum absolute atomic E-state index is 9.27. The molecule has 0 bridgehead atoms. The zero-order chi connectivity index (χ0) is 19.3. The smallest absolute Gasteiger partial charge is 0.191 e. The number of aliphatic hydroxyl groups is 2. The number of nitrogens with two attached hydrogens (primary N) is 1. The fourth-order valence-corrected chi connectivity index (χ4v) is 2.95. The third-order valence-electron chi connectivity index (χ3n) is 4.84. The second kappa shape index (κ2) is 9.85. The van der Waals surface area contributed by atoms with Gasteiger partial charge in [-0.1, -0.05) is 48.5 Å². The van der Waals surface area contributed by atoms with Crippen LogP contribution in [0.2, 0.25) is 0 Å². The molecule has 0 spiro atoms. The summed E-state index contributed by atoms with van der Waals surface area (Å²) in [4.78, 5) is 4.34. The molecule has 0 aliphatic carbocycles. The van der Waals surface area contributed by atoms with Crippen molar-refractivity contribution in [3.63, 3.8) is 0 Å². The number of rotatable bonds is 8. The molecule has 1 aromatic heterocycles. The van der Waals surface area contributed by atoms with Gasteiger partial charge in [0, 0.05) is 12.5 Å². The van der Waals surface area contributed by atoms with Crippen LogP contribution in [-0.4, -0.2) is 33.9 Å². The van der Waals surface area contributed by atoms with Crippen LogP contribution in [0.25, 0.3) is 11.3 Å². The van der Waals surface area contributed by atoms with E-state index in [0.29, 0.717) is 12.3 Å². The van der Waals surface area contributed by atoms with Crippen LogP contribution in [0, 0.1) is 6.92 Å². The maximum atomic E-state index is 9.27. The molecule has 1 heterocycles. The molecule has 3 aromatic rings. The summed E-state index contributed by atoms with van der Waals surface area (Å²) >= 11 is 0. The molecule has 0 fully saturated rings. The molecule has 3 rings (SSSR count). The molecule has 28 heavy (non-hydrogen) atoms. The van der Waals surface area contributed by atoms with E-state index in [9.17, 15) is 10.2 Å². The minimum absolute atomic E-state index is 0. The molecular formula is C22H27ClN2O3. The monoisotopic (exact) mass is 402 g/mol. The Labute approximate surface area is 171 Å². The SMILES string of the molecule is Cc1nc(-c2ccc(Cc3ccc(CCC(N)(CO)CO)cc3)cc2)co1.Cl. The summed E-state index contributed by atoms with van der Waals surface area (Å²) in [6.45, 7) is 1.40. The highest BCUT2D eigenvalue weighted by molar-refractivity contribution is 5.85. The van der Waals surface area contributed by atoms with Crippen molar-refractivity contribution in [3.8, 4) is 11.3 Å². The summed E-state index contributed by atoms with van der Waals surface area (Å²) < 4.78 is 5.26. The van der Waals surface area contributed by atoms with Gasteiger partial charge >= 0.3 is 0 Å². The Kier molecular flexibility index (Phi) is 7.78. The van der Waals surface area contributed by atoms with E-state index in [0.717, 1.165) is 29.7 Å². The Hall–Kier alpha value is -2.18. The molecule has 0 atom stereocenters. The number of hydrogen-bond donors (Lipinski definition) is 3. The lowest BCUT2D eigenvalue weighted by Gasteiger charge is -2.24. The van der Waals surface area contributed by atoms with Gasteiger partial charge in [-0.25, -0.2) is 4.98 Å². The van der Waals surface area contributed by atoms with Crippen molar-refractivity contribution in [2.75, 3.05) is 13.2 Å². The van der Waals surface area contributed by atoms with Crippen LogP contribution < -0.4 is 5.73 Å². The topological polar surface area (TPSA) is 92.5 Å². The molecule has 0 aliphatic rings. The lowest BCUT2D eigenvalue weighted by atomic mass is 9.93. The second-order valence-corrected chi connectivity index (χ2v) is 7.12. The Morgan fingerprint density at radius 1 is 0.929 bits per heavy atom. The number of aliphatic hydroxyl groups excluding tert-OH is 2.